The number of nitrogens with zero attached hydrogens (tertiary/aromatic N) is 4. The van der Waals surface area contributed by atoms with Gasteiger partial charge in [-0.2, -0.15) is 9.97 Å². The molecule has 4 aromatic rings. The normalized spacial score (nSPS) is 26.8. The highest BCUT2D eigenvalue weighted by Crippen LogP contribution is 2.48. The third-order valence-corrected chi connectivity index (χ3v) is 11.4. The number of phenolic OH excluding ortho intramolecular Hbond substituents is 1. The number of benzene rings is 3. The molecule has 4 aliphatic rings. The van der Waals surface area contributed by atoms with Crippen LogP contribution in [0.3, 0.4) is 0 Å². The van der Waals surface area contributed by atoms with Gasteiger partial charge in [0.2, 0.25) is 0 Å². The summed E-state index contributed by atoms with van der Waals surface area (Å²) in [6.45, 7) is 5.48. The monoisotopic (exact) mass is 609 g/mol. The van der Waals surface area contributed by atoms with E-state index in [0.29, 0.717) is 41.2 Å². The summed E-state index contributed by atoms with van der Waals surface area (Å²) in [6, 6.07) is 15.0. The number of piperidine rings is 1. The van der Waals surface area contributed by atoms with Gasteiger partial charge in [-0.1, -0.05) is 37.6 Å². The largest absolute Gasteiger partial charge is 0.508 e. The van der Waals surface area contributed by atoms with Crippen LogP contribution in [0.5, 0.6) is 11.8 Å². The number of hydrogen-bond donors (Lipinski definition) is 2. The Labute approximate surface area is 264 Å². The fourth-order valence-electron chi connectivity index (χ4n) is 9.16. The Morgan fingerprint density at radius 3 is 2.76 bits per heavy atom. The van der Waals surface area contributed by atoms with Gasteiger partial charge in [-0.05, 0) is 105 Å². The van der Waals surface area contributed by atoms with Gasteiger partial charge in [0.05, 0.1) is 6.61 Å². The van der Waals surface area contributed by atoms with Crippen LogP contribution in [0.1, 0.15) is 63.9 Å². The van der Waals surface area contributed by atoms with Gasteiger partial charge in [-0.25, -0.2) is 4.39 Å². The second-order valence-electron chi connectivity index (χ2n) is 14.0. The Morgan fingerprint density at radius 2 is 1.87 bits per heavy atom. The van der Waals surface area contributed by atoms with E-state index in [1.807, 2.05) is 24.3 Å². The number of aryl methyl sites for hydroxylation is 1. The zero-order valence-electron chi connectivity index (χ0n) is 26.5. The molecule has 236 valence electrons. The summed E-state index contributed by atoms with van der Waals surface area (Å²) >= 11 is 0. The molecule has 1 saturated carbocycles. The van der Waals surface area contributed by atoms with Crippen LogP contribution in [-0.2, 0) is 6.42 Å². The third kappa shape index (κ3) is 5.01. The molecule has 1 aromatic heterocycles. The highest BCUT2D eigenvalue weighted by molar-refractivity contribution is 6.03. The van der Waals surface area contributed by atoms with Crippen molar-refractivity contribution in [1.82, 2.24) is 20.2 Å². The summed E-state index contributed by atoms with van der Waals surface area (Å²) < 4.78 is 23.6. The number of ether oxygens (including phenoxy) is 1. The Balaban J connectivity index is 1.25. The maximum Gasteiger partial charge on any atom is 0.319 e. The SMILES string of the molecule is CCc1cccc2cc(O)cc(-c3ccc4c(N5CC[C@H]6CC[C@@H](C5)N6)nc(OC[C@]56CCC[C@H]5N(C)CCC6)nc4c3F)c12. The molecule has 7 nitrogen and oxygen atoms in total. The lowest BCUT2D eigenvalue weighted by molar-refractivity contribution is 0.0133. The molecule has 8 rings (SSSR count). The van der Waals surface area contributed by atoms with E-state index in [1.54, 1.807) is 12.1 Å². The van der Waals surface area contributed by atoms with E-state index in [4.69, 9.17) is 14.7 Å². The van der Waals surface area contributed by atoms with E-state index in [2.05, 4.69) is 35.2 Å². The quantitative estimate of drug-likeness (QED) is 0.248. The Morgan fingerprint density at radius 1 is 1.00 bits per heavy atom. The van der Waals surface area contributed by atoms with Crippen LogP contribution >= 0.6 is 0 Å². The molecule has 3 saturated heterocycles. The van der Waals surface area contributed by atoms with Gasteiger partial charge in [-0.15, -0.1) is 0 Å². The predicted octanol–water partition coefficient (Wildman–Crippen LogP) is 6.83. The van der Waals surface area contributed by atoms with Gasteiger partial charge in [-0.3, -0.25) is 0 Å². The van der Waals surface area contributed by atoms with E-state index in [-0.39, 0.29) is 22.7 Å². The molecular weight excluding hydrogens is 565 g/mol. The first kappa shape index (κ1) is 28.9. The fourth-order valence-corrected chi connectivity index (χ4v) is 9.16. The van der Waals surface area contributed by atoms with E-state index in [9.17, 15) is 5.11 Å². The molecule has 1 aliphatic carbocycles. The lowest BCUT2D eigenvalue weighted by Crippen LogP contribution is -2.50. The van der Waals surface area contributed by atoms with Gasteiger partial charge < -0.3 is 25.0 Å². The number of phenols is 1. The van der Waals surface area contributed by atoms with Gasteiger partial charge in [0, 0.05) is 47.6 Å². The number of fused-ring (bicyclic) bond motifs is 5. The number of nitrogens with one attached hydrogen (secondary N) is 1. The van der Waals surface area contributed by atoms with Crippen LogP contribution in [-0.4, -0.2) is 71.4 Å². The summed E-state index contributed by atoms with van der Waals surface area (Å²) in [4.78, 5) is 14.7. The van der Waals surface area contributed by atoms with E-state index < -0.39 is 5.82 Å². The van der Waals surface area contributed by atoms with E-state index in [0.717, 1.165) is 73.9 Å². The molecule has 0 amide bonds. The topological polar surface area (TPSA) is 73.8 Å². The first-order valence-electron chi connectivity index (χ1n) is 17.0. The molecule has 3 aliphatic heterocycles. The van der Waals surface area contributed by atoms with Crippen molar-refractivity contribution in [2.24, 2.45) is 5.41 Å². The third-order valence-electron chi connectivity index (χ3n) is 11.4. The fraction of sp³-hybridized carbons (Fsp3) is 0.514. The van der Waals surface area contributed by atoms with Crippen LogP contribution in [0.4, 0.5) is 10.2 Å². The second-order valence-corrected chi connectivity index (χ2v) is 14.0. The maximum absolute atomic E-state index is 17.0. The van der Waals surface area contributed by atoms with Crippen molar-refractivity contribution in [2.45, 2.75) is 82.8 Å². The average Bonchev–Trinajstić information content (AvgIpc) is 3.63. The molecule has 3 aromatic carbocycles. The molecule has 0 unspecified atom stereocenters. The molecule has 4 fully saturated rings. The average molecular weight is 610 g/mol. The highest BCUT2D eigenvalue weighted by Gasteiger charge is 2.47. The number of anilines is 1. The number of aromatic hydroxyl groups is 1. The summed E-state index contributed by atoms with van der Waals surface area (Å²) in [5.74, 6) is 0.473. The maximum atomic E-state index is 17.0. The molecule has 0 radical (unpaired) electrons. The summed E-state index contributed by atoms with van der Waals surface area (Å²) in [6.07, 6.45) is 10.1. The van der Waals surface area contributed by atoms with Crippen LogP contribution in [0, 0.1) is 11.2 Å². The number of halogens is 1. The molecule has 4 atom stereocenters. The Kier molecular flexibility index (Phi) is 7.33. The molecular formula is C37H44FN5O2. The van der Waals surface area contributed by atoms with Crippen molar-refractivity contribution in [3.8, 4) is 22.9 Å². The minimum absolute atomic E-state index is 0.0918. The molecule has 8 heteroatoms. The number of likely N-dealkylation sites (tertiary alicyclic amines) is 1. The Bertz CT molecular complexity index is 1760. The molecule has 2 N–H and O–H groups in total. The van der Waals surface area contributed by atoms with Gasteiger partial charge in [0.15, 0.2) is 5.82 Å². The van der Waals surface area contributed by atoms with Gasteiger partial charge >= 0.3 is 6.01 Å². The lowest BCUT2D eigenvalue weighted by Gasteiger charge is -2.44. The predicted molar refractivity (Wildman–Crippen MR) is 178 cm³/mol. The van der Waals surface area contributed by atoms with Crippen molar-refractivity contribution in [2.75, 3.05) is 38.2 Å². The van der Waals surface area contributed by atoms with Crippen LogP contribution in [0.2, 0.25) is 0 Å². The number of hydrogen-bond acceptors (Lipinski definition) is 7. The smallest absolute Gasteiger partial charge is 0.319 e. The minimum Gasteiger partial charge on any atom is -0.508 e. The molecule has 0 spiro atoms. The first-order valence-corrected chi connectivity index (χ1v) is 17.0. The second kappa shape index (κ2) is 11.4. The van der Waals surface area contributed by atoms with E-state index >= 15 is 4.39 Å². The molecule has 4 heterocycles. The molecule has 2 bridgehead atoms. The zero-order chi connectivity index (χ0) is 30.7. The lowest BCUT2D eigenvalue weighted by atomic mass is 9.76. The minimum atomic E-state index is -0.400. The summed E-state index contributed by atoms with van der Waals surface area (Å²) in [7, 11) is 2.24. The number of rotatable bonds is 6. The van der Waals surface area contributed by atoms with Crippen LogP contribution in [0.15, 0.2) is 42.5 Å². The van der Waals surface area contributed by atoms with Gasteiger partial charge in [0.25, 0.3) is 0 Å². The Hall–Kier alpha value is -3.49. The summed E-state index contributed by atoms with van der Waals surface area (Å²) in [5, 5.41) is 17.0. The molecule has 45 heavy (non-hydrogen) atoms. The summed E-state index contributed by atoms with van der Waals surface area (Å²) in [5.41, 5.74) is 2.60. The van der Waals surface area contributed by atoms with Crippen LogP contribution < -0.4 is 15.0 Å². The standard InChI is InChI=1S/C37H44FN5O2/c1-3-23-7-4-8-24-19-27(44)20-30(32(23)24)28-12-13-29-34(33(28)38)40-36(41-35(29)43-18-14-25-10-11-26(21-43)39-25)45-22-37-15-5-9-31(37)42(2)17-6-16-37/h4,7-8,12-13,19-20,25-26,31,39,44H,3,5-6,9-11,14-18,21-22H2,1-2H3/t25-,26+,31-,37-/m1/s1. The van der Waals surface area contributed by atoms with Crippen LogP contribution in [0.25, 0.3) is 32.8 Å². The zero-order valence-corrected chi connectivity index (χ0v) is 26.5. The highest BCUT2D eigenvalue weighted by atomic mass is 19.1. The van der Waals surface area contributed by atoms with Gasteiger partial charge in [0.1, 0.15) is 17.1 Å². The van der Waals surface area contributed by atoms with Crippen molar-refractivity contribution in [1.29, 1.82) is 0 Å². The van der Waals surface area contributed by atoms with Crippen molar-refractivity contribution < 1.29 is 14.2 Å². The number of aromatic nitrogens is 2. The van der Waals surface area contributed by atoms with Crippen molar-refractivity contribution >= 4 is 27.5 Å². The van der Waals surface area contributed by atoms with E-state index in [1.165, 1.54) is 25.7 Å². The van der Waals surface area contributed by atoms with Crippen molar-refractivity contribution in [3.63, 3.8) is 0 Å². The van der Waals surface area contributed by atoms with Crippen molar-refractivity contribution in [3.05, 3.63) is 53.8 Å². The first-order chi connectivity index (χ1) is 21.9.